The molecule has 1 atom stereocenters. The summed E-state index contributed by atoms with van der Waals surface area (Å²) in [4.78, 5) is 15.1. The van der Waals surface area contributed by atoms with E-state index < -0.39 is 5.41 Å². The molecule has 1 aromatic rings. The van der Waals surface area contributed by atoms with Gasteiger partial charge in [0.15, 0.2) is 0 Å². The fraction of sp³-hybridized carbons (Fsp3) is 0.632. The van der Waals surface area contributed by atoms with Gasteiger partial charge in [-0.25, -0.2) is 0 Å². The second kappa shape index (κ2) is 9.16. The number of nitrogens with one attached hydrogen (secondary N) is 1. The van der Waals surface area contributed by atoms with E-state index in [0.717, 1.165) is 32.5 Å². The van der Waals surface area contributed by atoms with Crippen molar-refractivity contribution in [3.63, 3.8) is 0 Å². The van der Waals surface area contributed by atoms with E-state index in [0.29, 0.717) is 13.0 Å². The number of benzene rings is 1. The number of amides is 1. The van der Waals surface area contributed by atoms with Gasteiger partial charge in [0.1, 0.15) is 0 Å². The molecule has 0 bridgehead atoms. The monoisotopic (exact) mass is 334 g/mol. The highest BCUT2D eigenvalue weighted by Crippen LogP contribution is 2.35. The van der Waals surface area contributed by atoms with Crippen molar-refractivity contribution in [2.24, 2.45) is 5.41 Å². The van der Waals surface area contributed by atoms with Crippen LogP contribution in [0.25, 0.3) is 0 Å². The topological polar surface area (TPSA) is 61.8 Å². The van der Waals surface area contributed by atoms with Gasteiger partial charge in [-0.3, -0.25) is 9.69 Å². The third-order valence-corrected chi connectivity index (χ3v) is 4.93. The molecule has 1 aliphatic rings. The Morgan fingerprint density at radius 1 is 1.33 bits per heavy atom. The number of carbonyl (C=O) groups excluding carboxylic acids is 1. The molecule has 134 valence electrons. The number of hydrogen-bond donors (Lipinski definition) is 2. The highest BCUT2D eigenvalue weighted by molar-refractivity contribution is 5.83. The van der Waals surface area contributed by atoms with Gasteiger partial charge in [-0.05, 0) is 44.8 Å². The number of hydrogen-bond acceptors (Lipinski definition) is 4. The molecule has 0 aliphatic carbocycles. The van der Waals surface area contributed by atoms with Crippen LogP contribution in [-0.2, 0) is 16.1 Å². The fourth-order valence-electron chi connectivity index (χ4n) is 3.45. The summed E-state index contributed by atoms with van der Waals surface area (Å²) in [5.74, 6) is 0.0560. The molecule has 5 nitrogen and oxygen atoms in total. The quantitative estimate of drug-likeness (QED) is 0.761. The van der Waals surface area contributed by atoms with Gasteiger partial charge in [0.05, 0.1) is 12.0 Å². The molecule has 1 saturated heterocycles. The smallest absolute Gasteiger partial charge is 0.226 e. The summed E-state index contributed by atoms with van der Waals surface area (Å²) in [6.45, 7) is 5.16. The Morgan fingerprint density at radius 2 is 2.00 bits per heavy atom. The minimum Gasteiger partial charge on any atom is -0.396 e. The van der Waals surface area contributed by atoms with Gasteiger partial charge >= 0.3 is 0 Å². The summed E-state index contributed by atoms with van der Waals surface area (Å²) >= 11 is 0. The number of piperidine rings is 1. The number of nitrogens with zero attached hydrogens (tertiary/aromatic N) is 1. The molecule has 2 rings (SSSR count). The minimum absolute atomic E-state index is 0.0135. The van der Waals surface area contributed by atoms with E-state index in [1.54, 1.807) is 7.11 Å². The number of carbonyl (C=O) groups is 1. The Labute approximate surface area is 145 Å². The van der Waals surface area contributed by atoms with Crippen molar-refractivity contribution in [2.45, 2.75) is 38.8 Å². The lowest BCUT2D eigenvalue weighted by molar-refractivity contribution is -0.136. The van der Waals surface area contributed by atoms with E-state index in [2.05, 4.69) is 34.5 Å². The molecule has 5 heteroatoms. The summed E-state index contributed by atoms with van der Waals surface area (Å²) in [5, 5.41) is 12.5. The number of ether oxygens (including phenoxy) is 1. The van der Waals surface area contributed by atoms with Crippen molar-refractivity contribution in [1.29, 1.82) is 0 Å². The van der Waals surface area contributed by atoms with E-state index in [9.17, 15) is 9.90 Å². The molecule has 1 aliphatic heterocycles. The van der Waals surface area contributed by atoms with Crippen LogP contribution in [0.1, 0.15) is 31.7 Å². The van der Waals surface area contributed by atoms with E-state index >= 15 is 0 Å². The Hall–Kier alpha value is -1.43. The maximum atomic E-state index is 12.8. The Bertz CT molecular complexity index is 499. The molecule has 24 heavy (non-hydrogen) atoms. The number of methoxy groups -OCH3 is 1. The number of aliphatic hydroxyl groups is 1. The average molecular weight is 334 g/mol. The van der Waals surface area contributed by atoms with E-state index in [1.807, 2.05) is 13.0 Å². The van der Waals surface area contributed by atoms with Crippen molar-refractivity contribution < 1.29 is 14.6 Å². The highest BCUT2D eigenvalue weighted by Gasteiger charge is 2.41. The fourth-order valence-corrected chi connectivity index (χ4v) is 3.45. The van der Waals surface area contributed by atoms with Crippen molar-refractivity contribution in [2.75, 3.05) is 33.4 Å². The van der Waals surface area contributed by atoms with Crippen molar-refractivity contribution in [3.05, 3.63) is 35.9 Å². The second-order valence-electron chi connectivity index (χ2n) is 6.85. The molecule has 1 heterocycles. The number of aliphatic hydroxyl groups excluding tert-OH is 1. The minimum atomic E-state index is -0.454. The predicted octanol–water partition coefficient (Wildman–Crippen LogP) is 1.80. The van der Waals surface area contributed by atoms with E-state index in [-0.39, 0.29) is 18.6 Å². The van der Waals surface area contributed by atoms with Gasteiger partial charge in [0.2, 0.25) is 5.91 Å². The van der Waals surface area contributed by atoms with Crippen LogP contribution in [0.3, 0.4) is 0 Å². The first-order valence-corrected chi connectivity index (χ1v) is 8.77. The average Bonchev–Trinajstić information content (AvgIpc) is 2.58. The molecular weight excluding hydrogens is 304 g/mol. The first-order chi connectivity index (χ1) is 11.6. The van der Waals surface area contributed by atoms with Crippen LogP contribution in [0.5, 0.6) is 0 Å². The summed E-state index contributed by atoms with van der Waals surface area (Å²) < 4.78 is 5.10. The first-order valence-electron chi connectivity index (χ1n) is 8.77. The first kappa shape index (κ1) is 18.9. The molecule has 1 aromatic carbocycles. The molecule has 0 unspecified atom stereocenters. The zero-order chi connectivity index (χ0) is 17.4. The lowest BCUT2D eigenvalue weighted by atomic mass is 9.74. The highest BCUT2D eigenvalue weighted by atomic mass is 16.5. The van der Waals surface area contributed by atoms with Gasteiger partial charge < -0.3 is 15.2 Å². The SMILES string of the molecule is COC[C@H](C)NC(=O)C1(CCO)CCN(Cc2ccccc2)CC1. The maximum Gasteiger partial charge on any atom is 0.226 e. The van der Waals surface area contributed by atoms with Crippen LogP contribution in [0.4, 0.5) is 0 Å². The van der Waals surface area contributed by atoms with Crippen LogP contribution >= 0.6 is 0 Å². The predicted molar refractivity (Wildman–Crippen MR) is 94.6 cm³/mol. The molecule has 2 N–H and O–H groups in total. The van der Waals surface area contributed by atoms with Crippen LogP contribution in [0.2, 0.25) is 0 Å². The van der Waals surface area contributed by atoms with Crippen molar-refractivity contribution in [1.82, 2.24) is 10.2 Å². The maximum absolute atomic E-state index is 12.8. The molecule has 1 fully saturated rings. The largest absolute Gasteiger partial charge is 0.396 e. The molecule has 0 saturated carbocycles. The van der Waals surface area contributed by atoms with Gasteiger partial charge in [-0.2, -0.15) is 0 Å². The van der Waals surface area contributed by atoms with E-state index in [4.69, 9.17) is 4.74 Å². The Balaban J connectivity index is 1.94. The van der Waals surface area contributed by atoms with Gasteiger partial charge in [0.25, 0.3) is 0 Å². The zero-order valence-corrected chi connectivity index (χ0v) is 14.8. The lowest BCUT2D eigenvalue weighted by Gasteiger charge is -2.41. The van der Waals surface area contributed by atoms with Crippen LogP contribution in [0.15, 0.2) is 30.3 Å². The van der Waals surface area contributed by atoms with E-state index in [1.165, 1.54) is 5.56 Å². The van der Waals surface area contributed by atoms with Gasteiger partial charge in [0, 0.05) is 26.3 Å². The van der Waals surface area contributed by atoms with Crippen LogP contribution in [-0.4, -0.2) is 55.4 Å². The molecule has 0 radical (unpaired) electrons. The number of likely N-dealkylation sites (tertiary alicyclic amines) is 1. The summed E-state index contributed by atoms with van der Waals surface area (Å²) in [5.41, 5.74) is 0.842. The molecule has 1 amide bonds. The molecular formula is C19H30N2O3. The standard InChI is InChI=1S/C19H30N2O3/c1-16(15-24-2)20-18(23)19(10-13-22)8-11-21(12-9-19)14-17-6-4-3-5-7-17/h3-7,16,22H,8-15H2,1-2H3,(H,20,23)/t16-/m0/s1. The summed E-state index contributed by atoms with van der Waals surface area (Å²) in [6, 6.07) is 10.4. The summed E-state index contributed by atoms with van der Waals surface area (Å²) in [7, 11) is 1.63. The zero-order valence-electron chi connectivity index (χ0n) is 14.8. The molecule has 0 spiro atoms. The second-order valence-corrected chi connectivity index (χ2v) is 6.85. The number of rotatable bonds is 8. The lowest BCUT2D eigenvalue weighted by Crippen LogP contribution is -2.51. The third-order valence-electron chi connectivity index (χ3n) is 4.93. The van der Waals surface area contributed by atoms with Crippen LogP contribution < -0.4 is 5.32 Å². The van der Waals surface area contributed by atoms with Crippen LogP contribution in [0, 0.1) is 5.41 Å². The van der Waals surface area contributed by atoms with Gasteiger partial charge in [-0.1, -0.05) is 30.3 Å². The Kier molecular flexibility index (Phi) is 7.21. The third kappa shape index (κ3) is 5.03. The molecule has 0 aromatic heterocycles. The van der Waals surface area contributed by atoms with Crippen molar-refractivity contribution in [3.8, 4) is 0 Å². The van der Waals surface area contributed by atoms with Crippen molar-refractivity contribution >= 4 is 5.91 Å². The van der Waals surface area contributed by atoms with Gasteiger partial charge in [-0.15, -0.1) is 0 Å². The normalized spacial score (nSPS) is 19.0. The summed E-state index contributed by atoms with van der Waals surface area (Å²) in [6.07, 6.45) is 2.09. The Morgan fingerprint density at radius 3 is 2.58 bits per heavy atom.